The van der Waals surface area contributed by atoms with Crippen molar-refractivity contribution in [2.75, 3.05) is 24.6 Å². The van der Waals surface area contributed by atoms with Crippen LogP contribution in [-0.4, -0.2) is 46.6 Å². The molecule has 2 fully saturated rings. The Morgan fingerprint density at radius 3 is 2.86 bits per heavy atom. The van der Waals surface area contributed by atoms with E-state index < -0.39 is 5.97 Å². The van der Waals surface area contributed by atoms with Gasteiger partial charge in [-0.15, -0.1) is 0 Å². The van der Waals surface area contributed by atoms with E-state index in [4.69, 9.17) is 5.11 Å². The summed E-state index contributed by atoms with van der Waals surface area (Å²) in [5.74, 6) is 2.33. The normalized spacial score (nSPS) is 29.9. The van der Waals surface area contributed by atoms with Gasteiger partial charge in [-0.05, 0) is 24.5 Å². The first kappa shape index (κ1) is 10.3. The zero-order chi connectivity index (χ0) is 9.97. The van der Waals surface area contributed by atoms with E-state index in [0.717, 1.165) is 19.1 Å². The van der Waals surface area contributed by atoms with Gasteiger partial charge in [0.15, 0.2) is 0 Å². The largest absolute Gasteiger partial charge is 0.481 e. The van der Waals surface area contributed by atoms with Crippen molar-refractivity contribution >= 4 is 17.7 Å². The van der Waals surface area contributed by atoms with Gasteiger partial charge < -0.3 is 5.11 Å². The molecule has 0 radical (unpaired) electrons. The number of likely N-dealkylation sites (tertiary alicyclic amines) is 1. The molecule has 2 heterocycles. The van der Waals surface area contributed by atoms with Crippen molar-refractivity contribution in [3.05, 3.63) is 0 Å². The fraction of sp³-hybridized carbons (Fsp3) is 0.900. The van der Waals surface area contributed by atoms with E-state index in [1.54, 1.807) is 0 Å². The van der Waals surface area contributed by atoms with Crippen molar-refractivity contribution in [2.45, 2.75) is 25.3 Å². The van der Waals surface area contributed by atoms with Gasteiger partial charge in [0.25, 0.3) is 0 Å². The van der Waals surface area contributed by atoms with Crippen LogP contribution >= 0.6 is 11.8 Å². The van der Waals surface area contributed by atoms with Crippen molar-refractivity contribution in [1.29, 1.82) is 0 Å². The molecule has 2 aliphatic rings. The molecule has 0 spiro atoms. The van der Waals surface area contributed by atoms with Crippen LogP contribution in [0.5, 0.6) is 0 Å². The first-order valence-electron chi connectivity index (χ1n) is 5.29. The molecular formula is C10H17NO2S. The van der Waals surface area contributed by atoms with Crippen LogP contribution in [0, 0.1) is 5.92 Å². The number of thioether (sulfide) groups is 1. The average Bonchev–Trinajstić information content (AvgIpc) is 2.12. The molecule has 1 N–H and O–H groups in total. The first-order chi connectivity index (χ1) is 6.75. The highest BCUT2D eigenvalue weighted by atomic mass is 32.2. The van der Waals surface area contributed by atoms with Gasteiger partial charge >= 0.3 is 5.97 Å². The summed E-state index contributed by atoms with van der Waals surface area (Å²) in [5, 5.41) is 8.62. The quantitative estimate of drug-likeness (QED) is 0.770. The van der Waals surface area contributed by atoms with Crippen LogP contribution in [0.3, 0.4) is 0 Å². The zero-order valence-electron chi connectivity index (χ0n) is 8.32. The summed E-state index contributed by atoms with van der Waals surface area (Å²) >= 11 is 2.04. The Hall–Kier alpha value is -0.220. The Bertz CT molecular complexity index is 210. The molecule has 0 amide bonds. The highest BCUT2D eigenvalue weighted by Crippen LogP contribution is 2.28. The lowest BCUT2D eigenvalue weighted by Gasteiger charge is -2.45. The first-order valence-corrected chi connectivity index (χ1v) is 6.45. The molecule has 3 nitrogen and oxygen atoms in total. The number of carboxylic acids is 1. The molecule has 2 rings (SSSR count). The Kier molecular flexibility index (Phi) is 3.34. The number of carbonyl (C=O) groups is 1. The van der Waals surface area contributed by atoms with Crippen molar-refractivity contribution in [2.24, 2.45) is 5.92 Å². The summed E-state index contributed by atoms with van der Waals surface area (Å²) < 4.78 is 0. The molecule has 14 heavy (non-hydrogen) atoms. The predicted molar refractivity (Wildman–Crippen MR) is 57.7 cm³/mol. The summed E-state index contributed by atoms with van der Waals surface area (Å²) in [4.78, 5) is 12.9. The molecule has 0 saturated carbocycles. The Labute approximate surface area is 88.9 Å². The van der Waals surface area contributed by atoms with Crippen LogP contribution in [-0.2, 0) is 4.79 Å². The number of carboxylic acid groups (broad SMARTS) is 1. The Morgan fingerprint density at radius 1 is 1.50 bits per heavy atom. The van der Waals surface area contributed by atoms with Gasteiger partial charge in [0, 0.05) is 24.9 Å². The van der Waals surface area contributed by atoms with Gasteiger partial charge in [0.2, 0.25) is 0 Å². The van der Waals surface area contributed by atoms with Crippen molar-refractivity contribution in [1.82, 2.24) is 4.90 Å². The van der Waals surface area contributed by atoms with Crippen molar-refractivity contribution in [3.63, 3.8) is 0 Å². The van der Waals surface area contributed by atoms with E-state index >= 15 is 0 Å². The van der Waals surface area contributed by atoms with E-state index in [-0.39, 0.29) is 0 Å². The molecule has 4 heteroatoms. The van der Waals surface area contributed by atoms with Crippen LogP contribution in [0.25, 0.3) is 0 Å². The minimum atomic E-state index is -0.646. The monoisotopic (exact) mass is 215 g/mol. The van der Waals surface area contributed by atoms with E-state index in [2.05, 4.69) is 4.90 Å². The second-order valence-corrected chi connectivity index (χ2v) is 5.44. The Balaban J connectivity index is 1.68. The third-order valence-electron chi connectivity index (χ3n) is 3.10. The van der Waals surface area contributed by atoms with Gasteiger partial charge in [-0.1, -0.05) is 0 Å². The molecule has 2 saturated heterocycles. The topological polar surface area (TPSA) is 40.5 Å². The summed E-state index contributed by atoms with van der Waals surface area (Å²) in [6.45, 7) is 2.02. The summed E-state index contributed by atoms with van der Waals surface area (Å²) in [7, 11) is 0. The molecule has 1 atom stereocenters. The number of hydrogen-bond acceptors (Lipinski definition) is 3. The maximum Gasteiger partial charge on any atom is 0.303 e. The fourth-order valence-corrected chi connectivity index (χ4v) is 3.48. The standard InChI is InChI=1S/C10H17NO2S/c12-10(13)4-8-5-11(6-8)9-2-1-3-14-7-9/h8-9H,1-7H2,(H,12,13). The lowest BCUT2D eigenvalue weighted by Crippen LogP contribution is -2.54. The van der Waals surface area contributed by atoms with Crippen LogP contribution in [0.4, 0.5) is 0 Å². The van der Waals surface area contributed by atoms with Gasteiger partial charge in [-0.25, -0.2) is 0 Å². The van der Waals surface area contributed by atoms with Crippen LogP contribution < -0.4 is 0 Å². The van der Waals surface area contributed by atoms with Gasteiger partial charge in [-0.2, -0.15) is 11.8 Å². The summed E-state index contributed by atoms with van der Waals surface area (Å²) in [5.41, 5.74) is 0. The molecule has 0 aromatic heterocycles. The van der Waals surface area contributed by atoms with Crippen LogP contribution in [0.1, 0.15) is 19.3 Å². The van der Waals surface area contributed by atoms with E-state index in [1.807, 2.05) is 11.8 Å². The fourth-order valence-electron chi connectivity index (χ4n) is 2.30. The van der Waals surface area contributed by atoms with Gasteiger partial charge in [0.1, 0.15) is 0 Å². The van der Waals surface area contributed by atoms with E-state index in [0.29, 0.717) is 12.3 Å². The second-order valence-electron chi connectivity index (χ2n) is 4.29. The summed E-state index contributed by atoms with van der Waals surface area (Å²) in [6, 6.07) is 0.735. The van der Waals surface area contributed by atoms with Gasteiger partial charge in [0.05, 0.1) is 6.42 Å². The number of hydrogen-bond donors (Lipinski definition) is 1. The third kappa shape index (κ3) is 2.42. The molecule has 0 aromatic carbocycles. The number of rotatable bonds is 3. The maximum atomic E-state index is 10.5. The zero-order valence-corrected chi connectivity index (χ0v) is 9.13. The molecule has 2 aliphatic heterocycles. The molecular weight excluding hydrogens is 198 g/mol. The maximum absolute atomic E-state index is 10.5. The van der Waals surface area contributed by atoms with E-state index in [1.165, 1.54) is 24.3 Å². The molecule has 0 aromatic rings. The summed E-state index contributed by atoms with van der Waals surface area (Å²) in [6.07, 6.45) is 3.00. The highest BCUT2D eigenvalue weighted by molar-refractivity contribution is 7.99. The molecule has 0 bridgehead atoms. The lowest BCUT2D eigenvalue weighted by molar-refractivity contribution is -0.139. The van der Waals surface area contributed by atoms with E-state index in [9.17, 15) is 4.79 Å². The van der Waals surface area contributed by atoms with Crippen molar-refractivity contribution in [3.8, 4) is 0 Å². The SMILES string of the molecule is O=C(O)CC1CN(C2CCCSC2)C1. The molecule has 1 unspecified atom stereocenters. The third-order valence-corrected chi connectivity index (χ3v) is 4.30. The lowest BCUT2D eigenvalue weighted by atomic mass is 9.93. The smallest absolute Gasteiger partial charge is 0.303 e. The Morgan fingerprint density at radius 2 is 2.29 bits per heavy atom. The minimum absolute atomic E-state index is 0.358. The molecule has 0 aliphatic carbocycles. The highest BCUT2D eigenvalue weighted by Gasteiger charge is 2.33. The van der Waals surface area contributed by atoms with Crippen LogP contribution in [0.15, 0.2) is 0 Å². The van der Waals surface area contributed by atoms with Crippen molar-refractivity contribution < 1.29 is 9.90 Å². The number of aliphatic carboxylic acids is 1. The molecule has 80 valence electrons. The predicted octanol–water partition coefficient (Wildman–Crippen LogP) is 1.29. The average molecular weight is 215 g/mol. The minimum Gasteiger partial charge on any atom is -0.481 e. The van der Waals surface area contributed by atoms with Crippen LogP contribution in [0.2, 0.25) is 0 Å². The van der Waals surface area contributed by atoms with Gasteiger partial charge in [-0.3, -0.25) is 9.69 Å². The number of nitrogens with zero attached hydrogens (tertiary/aromatic N) is 1. The second kappa shape index (κ2) is 4.53.